The molecule has 2 aromatic rings. The molecule has 0 amide bonds. The summed E-state index contributed by atoms with van der Waals surface area (Å²) in [6, 6.07) is 7.40. The van der Waals surface area contributed by atoms with Crippen molar-refractivity contribution < 1.29 is 8.42 Å². The second-order valence-electron chi connectivity index (χ2n) is 6.09. The average Bonchev–Trinajstić information content (AvgIpc) is 2.55. The van der Waals surface area contributed by atoms with Gasteiger partial charge in [0, 0.05) is 43.9 Å². The molecule has 1 saturated heterocycles. The highest BCUT2D eigenvalue weighted by Gasteiger charge is 2.26. The van der Waals surface area contributed by atoms with E-state index < -0.39 is 9.84 Å². The molecule has 0 N–H and O–H groups in total. The van der Waals surface area contributed by atoms with Crippen LogP contribution < -0.4 is 0 Å². The fraction of sp³-hybridized carbons (Fsp3) is 0.412. The van der Waals surface area contributed by atoms with Gasteiger partial charge < -0.3 is 0 Å². The van der Waals surface area contributed by atoms with Crippen molar-refractivity contribution in [3.63, 3.8) is 0 Å². The Kier molecular flexibility index (Phi) is 4.73. The highest BCUT2D eigenvalue weighted by molar-refractivity contribution is 7.90. The maximum absolute atomic E-state index is 12.0. The zero-order chi connectivity index (χ0) is 16.3. The Morgan fingerprint density at radius 2 is 2.00 bits per heavy atom. The van der Waals surface area contributed by atoms with Crippen molar-refractivity contribution in [2.24, 2.45) is 0 Å². The molecule has 0 aliphatic carbocycles. The minimum absolute atomic E-state index is 0.163. The van der Waals surface area contributed by atoms with Crippen molar-refractivity contribution in [3.8, 4) is 0 Å². The van der Waals surface area contributed by atoms with E-state index in [-0.39, 0.29) is 5.92 Å². The SMILES string of the molecule is CS(=O)(=O)c1cccnc1[C@H]1CCCN(Cc2ccncc2)C1. The van der Waals surface area contributed by atoms with Gasteiger partial charge in [0.05, 0.1) is 10.6 Å². The largest absolute Gasteiger partial charge is 0.298 e. The van der Waals surface area contributed by atoms with Crippen molar-refractivity contribution in [1.82, 2.24) is 14.9 Å². The van der Waals surface area contributed by atoms with Crippen LogP contribution in [-0.2, 0) is 16.4 Å². The minimum atomic E-state index is -3.25. The van der Waals surface area contributed by atoms with Crippen LogP contribution in [0.15, 0.2) is 47.8 Å². The minimum Gasteiger partial charge on any atom is -0.298 e. The van der Waals surface area contributed by atoms with Crippen molar-refractivity contribution >= 4 is 9.84 Å². The van der Waals surface area contributed by atoms with Gasteiger partial charge in [0.25, 0.3) is 0 Å². The maximum Gasteiger partial charge on any atom is 0.177 e. The standard InChI is InChI=1S/C17H21N3O2S/c1-23(21,22)16-5-2-8-19-17(16)15-4-3-11-20(13-15)12-14-6-9-18-10-7-14/h2,5-10,15H,3-4,11-13H2,1H3/t15-/m0/s1. The van der Waals surface area contributed by atoms with Crippen molar-refractivity contribution in [1.29, 1.82) is 0 Å². The van der Waals surface area contributed by atoms with Gasteiger partial charge in [-0.05, 0) is 49.2 Å². The Bertz CT molecular complexity index is 762. The lowest BCUT2D eigenvalue weighted by Gasteiger charge is -2.33. The van der Waals surface area contributed by atoms with Gasteiger partial charge in [-0.25, -0.2) is 8.42 Å². The zero-order valence-corrected chi connectivity index (χ0v) is 14.0. The summed E-state index contributed by atoms with van der Waals surface area (Å²) in [6.45, 7) is 2.72. The van der Waals surface area contributed by atoms with E-state index in [9.17, 15) is 8.42 Å². The molecule has 5 nitrogen and oxygen atoms in total. The summed E-state index contributed by atoms with van der Waals surface area (Å²) in [7, 11) is -3.25. The van der Waals surface area contributed by atoms with Gasteiger partial charge in [0.15, 0.2) is 9.84 Å². The predicted octanol–water partition coefficient (Wildman–Crippen LogP) is 2.26. The normalized spacial score (nSPS) is 19.6. The number of sulfone groups is 1. The summed E-state index contributed by atoms with van der Waals surface area (Å²) in [4.78, 5) is 11.2. The first-order valence-corrected chi connectivity index (χ1v) is 9.69. The topological polar surface area (TPSA) is 63.2 Å². The maximum atomic E-state index is 12.0. The fourth-order valence-corrected chi connectivity index (χ4v) is 4.12. The molecule has 1 atom stereocenters. The van der Waals surface area contributed by atoms with Crippen molar-refractivity contribution in [2.45, 2.75) is 30.2 Å². The zero-order valence-electron chi connectivity index (χ0n) is 13.2. The number of aromatic nitrogens is 2. The lowest BCUT2D eigenvalue weighted by Crippen LogP contribution is -2.34. The molecule has 3 rings (SSSR count). The molecule has 1 aliphatic heterocycles. The van der Waals surface area contributed by atoms with E-state index in [1.54, 1.807) is 30.7 Å². The Hall–Kier alpha value is -1.79. The van der Waals surface area contributed by atoms with E-state index in [1.165, 1.54) is 11.8 Å². The van der Waals surface area contributed by atoms with E-state index in [2.05, 4.69) is 14.9 Å². The first-order chi connectivity index (χ1) is 11.0. The Morgan fingerprint density at radius 3 is 2.74 bits per heavy atom. The third-order valence-electron chi connectivity index (χ3n) is 4.25. The van der Waals surface area contributed by atoms with Crippen LogP contribution in [-0.4, -0.2) is 42.6 Å². The van der Waals surface area contributed by atoms with Crippen molar-refractivity contribution in [2.75, 3.05) is 19.3 Å². The molecular formula is C17H21N3O2S. The number of likely N-dealkylation sites (tertiary alicyclic amines) is 1. The third-order valence-corrected chi connectivity index (χ3v) is 5.39. The molecular weight excluding hydrogens is 310 g/mol. The number of piperidine rings is 1. The molecule has 0 bridgehead atoms. The first-order valence-electron chi connectivity index (χ1n) is 7.80. The molecule has 23 heavy (non-hydrogen) atoms. The predicted molar refractivity (Wildman–Crippen MR) is 88.8 cm³/mol. The summed E-state index contributed by atoms with van der Waals surface area (Å²) in [5.74, 6) is 0.163. The summed E-state index contributed by atoms with van der Waals surface area (Å²) < 4.78 is 24.0. The molecule has 3 heterocycles. The van der Waals surface area contributed by atoms with Crippen LogP contribution in [0.5, 0.6) is 0 Å². The molecule has 122 valence electrons. The number of rotatable bonds is 4. The first kappa shape index (κ1) is 16.1. The van der Waals surface area contributed by atoms with Gasteiger partial charge in [-0.2, -0.15) is 0 Å². The molecule has 0 spiro atoms. The lowest BCUT2D eigenvalue weighted by atomic mass is 9.94. The summed E-state index contributed by atoms with van der Waals surface area (Å²) >= 11 is 0. The van der Waals surface area contributed by atoms with Crippen LogP contribution in [0.25, 0.3) is 0 Å². The second kappa shape index (κ2) is 6.76. The van der Waals surface area contributed by atoms with Crippen LogP contribution in [0.2, 0.25) is 0 Å². The molecule has 0 saturated carbocycles. The monoisotopic (exact) mass is 331 g/mol. The van der Waals surface area contributed by atoms with Gasteiger partial charge >= 0.3 is 0 Å². The number of hydrogen-bond acceptors (Lipinski definition) is 5. The Balaban J connectivity index is 1.79. The molecule has 0 radical (unpaired) electrons. The lowest BCUT2D eigenvalue weighted by molar-refractivity contribution is 0.197. The molecule has 0 aromatic carbocycles. The quantitative estimate of drug-likeness (QED) is 0.860. The van der Waals surface area contributed by atoms with Gasteiger partial charge in [-0.1, -0.05) is 0 Å². The van der Waals surface area contributed by atoms with Gasteiger partial charge in [0.1, 0.15) is 0 Å². The van der Waals surface area contributed by atoms with E-state index in [4.69, 9.17) is 0 Å². The third kappa shape index (κ3) is 3.95. The molecule has 1 aliphatic rings. The number of hydrogen-bond donors (Lipinski definition) is 0. The van der Waals surface area contributed by atoms with E-state index >= 15 is 0 Å². The second-order valence-corrected chi connectivity index (χ2v) is 8.07. The van der Waals surface area contributed by atoms with E-state index in [0.29, 0.717) is 4.90 Å². The average molecular weight is 331 g/mol. The molecule has 1 fully saturated rings. The number of pyridine rings is 2. The van der Waals surface area contributed by atoms with E-state index in [0.717, 1.165) is 38.2 Å². The van der Waals surface area contributed by atoms with Crippen LogP contribution in [0.1, 0.15) is 30.0 Å². The van der Waals surface area contributed by atoms with Crippen molar-refractivity contribution in [3.05, 3.63) is 54.1 Å². The highest BCUT2D eigenvalue weighted by atomic mass is 32.2. The fourth-order valence-electron chi connectivity index (χ4n) is 3.19. The summed E-state index contributed by atoms with van der Waals surface area (Å²) in [5.41, 5.74) is 1.94. The van der Waals surface area contributed by atoms with Crippen LogP contribution in [0, 0.1) is 0 Å². The van der Waals surface area contributed by atoms with Gasteiger partial charge in [0.2, 0.25) is 0 Å². The van der Waals surface area contributed by atoms with Crippen LogP contribution in [0.3, 0.4) is 0 Å². The number of nitrogens with zero attached hydrogens (tertiary/aromatic N) is 3. The van der Waals surface area contributed by atoms with Gasteiger partial charge in [-0.15, -0.1) is 0 Å². The molecule has 0 unspecified atom stereocenters. The van der Waals surface area contributed by atoms with E-state index in [1.807, 2.05) is 12.1 Å². The highest BCUT2D eigenvalue weighted by Crippen LogP contribution is 2.30. The van der Waals surface area contributed by atoms with Gasteiger partial charge in [-0.3, -0.25) is 14.9 Å². The Labute approximate surface area is 137 Å². The van der Waals surface area contributed by atoms with Crippen LogP contribution >= 0.6 is 0 Å². The molecule has 2 aromatic heterocycles. The summed E-state index contributed by atoms with van der Waals surface area (Å²) in [5, 5.41) is 0. The van der Waals surface area contributed by atoms with Crippen LogP contribution in [0.4, 0.5) is 0 Å². The summed E-state index contributed by atoms with van der Waals surface area (Å²) in [6.07, 6.45) is 8.58. The smallest absolute Gasteiger partial charge is 0.177 e. The molecule has 6 heteroatoms. The Morgan fingerprint density at radius 1 is 1.22 bits per heavy atom.